The minimum atomic E-state index is -0.561. The molecule has 2 heterocycles. The van der Waals surface area contributed by atoms with E-state index in [2.05, 4.69) is 15.4 Å². The van der Waals surface area contributed by atoms with Gasteiger partial charge in [0, 0.05) is 4.88 Å². The molecule has 100 valence electrons. The van der Waals surface area contributed by atoms with Crippen LogP contribution in [-0.2, 0) is 11.3 Å². The van der Waals surface area contributed by atoms with Crippen molar-refractivity contribution < 1.29 is 9.72 Å². The number of carbonyl (C=O) groups is 1. The highest BCUT2D eigenvalue weighted by atomic mass is 32.1. The fourth-order valence-corrected chi connectivity index (χ4v) is 2.20. The molecule has 0 fully saturated rings. The molecule has 0 aliphatic rings. The van der Waals surface area contributed by atoms with Gasteiger partial charge in [0.25, 0.3) is 0 Å². The Labute approximate surface area is 112 Å². The molecule has 0 atom stereocenters. The summed E-state index contributed by atoms with van der Waals surface area (Å²) in [7, 11) is 0. The van der Waals surface area contributed by atoms with Crippen molar-refractivity contribution in [2.75, 3.05) is 5.32 Å². The van der Waals surface area contributed by atoms with Crippen LogP contribution < -0.4 is 5.32 Å². The van der Waals surface area contributed by atoms with E-state index in [0.29, 0.717) is 5.13 Å². The molecule has 0 aromatic carbocycles. The van der Waals surface area contributed by atoms with Crippen molar-refractivity contribution in [3.05, 3.63) is 33.1 Å². The van der Waals surface area contributed by atoms with Gasteiger partial charge in [0.1, 0.15) is 18.9 Å². The maximum atomic E-state index is 11.7. The Bertz CT molecular complexity index is 613. The third kappa shape index (κ3) is 3.13. The number of nitro groups is 1. The van der Waals surface area contributed by atoms with Gasteiger partial charge in [-0.3, -0.25) is 19.6 Å². The third-order valence-corrected chi connectivity index (χ3v) is 3.40. The number of carbonyl (C=O) groups excluding carboxylic acids is 1. The Morgan fingerprint density at radius 2 is 2.32 bits per heavy atom. The van der Waals surface area contributed by atoms with Crippen LogP contribution in [-0.4, -0.2) is 25.6 Å². The molecule has 0 radical (unpaired) electrons. The number of nitrogens with zero attached hydrogens (tertiary/aromatic N) is 4. The van der Waals surface area contributed by atoms with Crippen LogP contribution in [0.2, 0.25) is 0 Å². The lowest BCUT2D eigenvalue weighted by Gasteiger charge is -2.00. The van der Waals surface area contributed by atoms with Gasteiger partial charge < -0.3 is 5.32 Å². The number of thiazole rings is 1. The number of anilines is 1. The van der Waals surface area contributed by atoms with Crippen molar-refractivity contribution in [3.63, 3.8) is 0 Å². The molecule has 0 bridgehead atoms. The van der Waals surface area contributed by atoms with E-state index in [4.69, 9.17) is 0 Å². The zero-order valence-corrected chi connectivity index (χ0v) is 11.1. The van der Waals surface area contributed by atoms with Crippen LogP contribution in [0.15, 0.2) is 12.4 Å². The van der Waals surface area contributed by atoms with E-state index in [1.54, 1.807) is 0 Å². The van der Waals surface area contributed by atoms with E-state index in [-0.39, 0.29) is 18.1 Å². The number of nitrogens with one attached hydrogen (secondary N) is 1. The summed E-state index contributed by atoms with van der Waals surface area (Å²) in [6.45, 7) is 3.68. The van der Waals surface area contributed by atoms with E-state index in [9.17, 15) is 14.9 Å². The normalized spacial score (nSPS) is 10.4. The van der Waals surface area contributed by atoms with Gasteiger partial charge in [0.05, 0.1) is 10.6 Å². The van der Waals surface area contributed by atoms with Crippen molar-refractivity contribution in [3.8, 4) is 0 Å². The molecule has 0 unspecified atom stereocenters. The average Bonchev–Trinajstić information content (AvgIpc) is 2.87. The Morgan fingerprint density at radius 1 is 1.58 bits per heavy atom. The quantitative estimate of drug-likeness (QED) is 0.675. The second-order valence-corrected chi connectivity index (χ2v) is 5.07. The molecular formula is C10H11N5O3S. The zero-order valence-electron chi connectivity index (χ0n) is 10.3. The number of aryl methyl sites for hydroxylation is 2. The minimum Gasteiger partial charge on any atom is -0.300 e. The molecule has 9 heteroatoms. The predicted molar refractivity (Wildman–Crippen MR) is 69.1 cm³/mol. The van der Waals surface area contributed by atoms with E-state index in [1.807, 2.05) is 13.8 Å². The summed E-state index contributed by atoms with van der Waals surface area (Å²) in [5.74, 6) is -0.327. The fourth-order valence-electron chi connectivity index (χ4n) is 1.37. The molecule has 2 aromatic rings. The molecule has 1 N–H and O–H groups in total. The first kappa shape index (κ1) is 13.1. The number of amides is 1. The summed E-state index contributed by atoms with van der Waals surface area (Å²) in [6, 6.07) is 0. The summed E-state index contributed by atoms with van der Waals surface area (Å²) in [5, 5.41) is 17.4. The summed E-state index contributed by atoms with van der Waals surface area (Å²) >= 11 is 1.38. The van der Waals surface area contributed by atoms with Gasteiger partial charge in [-0.15, -0.1) is 11.3 Å². The van der Waals surface area contributed by atoms with Gasteiger partial charge in [-0.2, -0.15) is 5.10 Å². The number of hydrogen-bond donors (Lipinski definition) is 1. The highest BCUT2D eigenvalue weighted by molar-refractivity contribution is 7.15. The van der Waals surface area contributed by atoms with Gasteiger partial charge >= 0.3 is 5.69 Å². The van der Waals surface area contributed by atoms with Crippen LogP contribution in [0.4, 0.5) is 10.8 Å². The van der Waals surface area contributed by atoms with Crippen LogP contribution >= 0.6 is 11.3 Å². The summed E-state index contributed by atoms with van der Waals surface area (Å²) < 4.78 is 1.21. The van der Waals surface area contributed by atoms with Crippen molar-refractivity contribution in [1.82, 2.24) is 14.8 Å². The number of hydrogen-bond acceptors (Lipinski definition) is 6. The monoisotopic (exact) mass is 281 g/mol. The maximum Gasteiger partial charge on any atom is 0.307 e. The van der Waals surface area contributed by atoms with E-state index >= 15 is 0 Å². The topological polar surface area (TPSA) is 103 Å². The average molecular weight is 281 g/mol. The highest BCUT2D eigenvalue weighted by Gasteiger charge is 2.12. The van der Waals surface area contributed by atoms with Gasteiger partial charge in [-0.25, -0.2) is 4.98 Å². The molecule has 1 amide bonds. The minimum absolute atomic E-state index is 0.0918. The lowest BCUT2D eigenvalue weighted by Crippen LogP contribution is -2.18. The fraction of sp³-hybridized carbons (Fsp3) is 0.300. The van der Waals surface area contributed by atoms with Gasteiger partial charge in [-0.05, 0) is 13.8 Å². The van der Waals surface area contributed by atoms with Crippen LogP contribution in [0, 0.1) is 24.0 Å². The summed E-state index contributed by atoms with van der Waals surface area (Å²) in [4.78, 5) is 26.8. The van der Waals surface area contributed by atoms with Crippen LogP contribution in [0.3, 0.4) is 0 Å². The standard InChI is InChI=1S/C10H11N5O3S/c1-6-7(2)19-10(12-6)13-9(16)5-14-4-8(3-11-14)15(17)18/h3-4H,5H2,1-2H3,(H,12,13,16). The highest BCUT2D eigenvalue weighted by Crippen LogP contribution is 2.21. The van der Waals surface area contributed by atoms with Crippen LogP contribution in [0.25, 0.3) is 0 Å². The first-order valence-corrected chi connectivity index (χ1v) is 6.18. The molecule has 0 aliphatic heterocycles. The lowest BCUT2D eigenvalue weighted by molar-refractivity contribution is -0.385. The SMILES string of the molecule is Cc1nc(NC(=O)Cn2cc([N+](=O)[O-])cn2)sc1C. The molecule has 0 saturated carbocycles. The number of rotatable bonds is 4. The van der Waals surface area contributed by atoms with Crippen molar-refractivity contribution in [2.45, 2.75) is 20.4 Å². The third-order valence-electron chi connectivity index (χ3n) is 2.41. The first-order valence-electron chi connectivity index (χ1n) is 5.36. The maximum absolute atomic E-state index is 11.7. The summed E-state index contributed by atoms with van der Waals surface area (Å²) in [6.07, 6.45) is 2.31. The Hall–Kier alpha value is -2.29. The van der Waals surface area contributed by atoms with E-state index in [1.165, 1.54) is 22.2 Å². The van der Waals surface area contributed by atoms with E-state index in [0.717, 1.165) is 16.8 Å². The number of aromatic nitrogens is 3. The largest absolute Gasteiger partial charge is 0.307 e. The van der Waals surface area contributed by atoms with Crippen molar-refractivity contribution in [1.29, 1.82) is 0 Å². The van der Waals surface area contributed by atoms with Crippen LogP contribution in [0.1, 0.15) is 10.6 Å². The Balaban J connectivity index is 1.99. The molecule has 0 saturated heterocycles. The second-order valence-electron chi connectivity index (χ2n) is 3.86. The second kappa shape index (κ2) is 5.14. The molecule has 0 aliphatic carbocycles. The lowest BCUT2D eigenvalue weighted by atomic mass is 10.4. The van der Waals surface area contributed by atoms with Gasteiger partial charge in [-0.1, -0.05) is 0 Å². The van der Waals surface area contributed by atoms with E-state index < -0.39 is 4.92 Å². The van der Waals surface area contributed by atoms with Crippen LogP contribution in [0.5, 0.6) is 0 Å². The Kier molecular flexibility index (Phi) is 3.56. The molecule has 2 aromatic heterocycles. The Morgan fingerprint density at radius 3 is 2.84 bits per heavy atom. The first-order chi connectivity index (χ1) is 8.95. The molecular weight excluding hydrogens is 270 g/mol. The molecule has 2 rings (SSSR count). The smallest absolute Gasteiger partial charge is 0.300 e. The zero-order chi connectivity index (χ0) is 14.0. The molecule has 19 heavy (non-hydrogen) atoms. The van der Waals surface area contributed by atoms with Gasteiger partial charge in [0.15, 0.2) is 5.13 Å². The molecule has 0 spiro atoms. The van der Waals surface area contributed by atoms with Crippen molar-refractivity contribution in [2.24, 2.45) is 0 Å². The van der Waals surface area contributed by atoms with Crippen molar-refractivity contribution >= 4 is 28.1 Å². The summed E-state index contributed by atoms with van der Waals surface area (Å²) in [5.41, 5.74) is 0.726. The van der Waals surface area contributed by atoms with Gasteiger partial charge in [0.2, 0.25) is 5.91 Å². The predicted octanol–water partition coefficient (Wildman–Crippen LogP) is 1.50. The molecule has 8 nitrogen and oxygen atoms in total.